The largest absolute Gasteiger partial charge is 0.424 e. The summed E-state index contributed by atoms with van der Waals surface area (Å²) in [5, 5.41) is 13.9. The second-order valence-electron chi connectivity index (χ2n) is 4.98. The van der Waals surface area contributed by atoms with Crippen LogP contribution in [-0.4, -0.2) is 29.2 Å². The second kappa shape index (κ2) is 5.09. The smallest absolute Gasteiger partial charge is 0.295 e. The fourth-order valence-electron chi connectivity index (χ4n) is 2.35. The minimum Gasteiger partial charge on any atom is -0.424 e. The van der Waals surface area contributed by atoms with Crippen LogP contribution in [0.2, 0.25) is 0 Å². The first-order valence-corrected chi connectivity index (χ1v) is 6.53. The van der Waals surface area contributed by atoms with Gasteiger partial charge in [-0.15, -0.1) is 0 Å². The fourth-order valence-corrected chi connectivity index (χ4v) is 2.35. The number of oxazole rings is 1. The fraction of sp³-hybridized carbons (Fsp3) is 0.462. The third kappa shape index (κ3) is 2.44. The van der Waals surface area contributed by atoms with E-state index in [1.165, 1.54) is 12.1 Å². The van der Waals surface area contributed by atoms with Crippen LogP contribution in [0.3, 0.4) is 0 Å². The average Bonchev–Trinajstić information content (AvgIpc) is 3.06. The molecule has 0 spiro atoms. The monoisotopic (exact) mass is 277 g/mol. The number of nitro benzene ring substituents is 1. The summed E-state index contributed by atoms with van der Waals surface area (Å²) in [6.45, 7) is 3.58. The molecule has 3 rings (SSSR count). The zero-order valence-corrected chi connectivity index (χ0v) is 11.0. The summed E-state index contributed by atoms with van der Waals surface area (Å²) in [4.78, 5) is 14.5. The van der Waals surface area contributed by atoms with E-state index in [0.717, 1.165) is 19.6 Å². The lowest BCUT2D eigenvalue weighted by molar-refractivity contribution is -0.384. The van der Waals surface area contributed by atoms with Crippen LogP contribution in [0.4, 0.5) is 11.7 Å². The predicted octanol–water partition coefficient (Wildman–Crippen LogP) is 2.57. The molecule has 20 heavy (non-hydrogen) atoms. The van der Waals surface area contributed by atoms with Gasteiger partial charge in [-0.25, -0.2) is 0 Å². The Hall–Kier alpha value is -2.15. The van der Waals surface area contributed by atoms with E-state index in [1.807, 2.05) is 0 Å². The normalized spacial score (nSPS) is 20.1. The summed E-state index contributed by atoms with van der Waals surface area (Å²) in [6, 6.07) is 4.95. The Bertz CT molecular complexity index is 634. The van der Waals surface area contributed by atoms with E-state index in [1.54, 1.807) is 6.07 Å². The van der Waals surface area contributed by atoms with E-state index in [4.69, 9.17) is 9.15 Å². The number of anilines is 1. The van der Waals surface area contributed by atoms with Crippen molar-refractivity contribution < 1.29 is 14.1 Å². The third-order valence-corrected chi connectivity index (χ3v) is 3.61. The van der Waals surface area contributed by atoms with Gasteiger partial charge in [-0.3, -0.25) is 10.1 Å². The van der Waals surface area contributed by atoms with E-state index >= 15 is 0 Å². The first-order chi connectivity index (χ1) is 9.63. The molecule has 1 aliphatic heterocycles. The Morgan fingerprint density at radius 2 is 2.40 bits per heavy atom. The first kappa shape index (κ1) is 12.9. The van der Waals surface area contributed by atoms with Gasteiger partial charge < -0.3 is 14.5 Å². The molecule has 1 aromatic heterocycles. The van der Waals surface area contributed by atoms with Crippen molar-refractivity contribution in [3.63, 3.8) is 0 Å². The quantitative estimate of drug-likeness (QED) is 0.682. The Labute approximate surface area is 115 Å². The number of hydrogen-bond acceptors (Lipinski definition) is 6. The Kier molecular flexibility index (Phi) is 3.27. The van der Waals surface area contributed by atoms with Gasteiger partial charge in [-0.1, -0.05) is 0 Å². The number of nitro groups is 1. The molecule has 7 heteroatoms. The second-order valence-corrected chi connectivity index (χ2v) is 4.98. The number of ether oxygens (including phenoxy) is 1. The van der Waals surface area contributed by atoms with Gasteiger partial charge >= 0.3 is 0 Å². The van der Waals surface area contributed by atoms with Crippen molar-refractivity contribution in [1.82, 2.24) is 4.98 Å². The number of hydrogen-bond donors (Lipinski definition) is 1. The van der Waals surface area contributed by atoms with Gasteiger partial charge in [0, 0.05) is 30.7 Å². The van der Waals surface area contributed by atoms with Crippen LogP contribution >= 0.6 is 0 Å². The molecule has 1 fully saturated rings. The maximum absolute atomic E-state index is 10.7. The first-order valence-electron chi connectivity index (χ1n) is 6.53. The number of rotatable bonds is 4. The minimum atomic E-state index is -0.445. The van der Waals surface area contributed by atoms with Gasteiger partial charge in [0.2, 0.25) is 0 Å². The highest BCUT2D eigenvalue weighted by Crippen LogP contribution is 2.25. The van der Waals surface area contributed by atoms with E-state index in [9.17, 15) is 10.1 Å². The molecule has 2 unspecified atom stereocenters. The molecule has 1 saturated heterocycles. The van der Waals surface area contributed by atoms with Gasteiger partial charge in [-0.05, 0) is 19.4 Å². The van der Waals surface area contributed by atoms with Gasteiger partial charge in [0.1, 0.15) is 5.52 Å². The lowest BCUT2D eigenvalue weighted by atomic mass is 10.0. The van der Waals surface area contributed by atoms with E-state index in [-0.39, 0.29) is 11.7 Å². The summed E-state index contributed by atoms with van der Waals surface area (Å²) in [5.41, 5.74) is 1.03. The molecule has 1 aliphatic rings. The molecule has 2 heterocycles. The van der Waals surface area contributed by atoms with Crippen LogP contribution in [0.15, 0.2) is 22.6 Å². The lowest BCUT2D eigenvalue weighted by Gasteiger charge is -2.17. The maximum atomic E-state index is 10.7. The lowest BCUT2D eigenvalue weighted by Crippen LogP contribution is -2.26. The topological polar surface area (TPSA) is 90.4 Å². The van der Waals surface area contributed by atoms with Crippen LogP contribution in [0.5, 0.6) is 0 Å². The molecule has 0 bridgehead atoms. The molecular weight excluding hydrogens is 262 g/mol. The van der Waals surface area contributed by atoms with Crippen molar-refractivity contribution in [2.24, 2.45) is 5.92 Å². The molecule has 7 nitrogen and oxygen atoms in total. The molecule has 1 aromatic carbocycles. The molecule has 1 N–H and O–H groups in total. The van der Waals surface area contributed by atoms with Crippen molar-refractivity contribution in [2.75, 3.05) is 18.5 Å². The Balaban J connectivity index is 1.79. The molecule has 0 aliphatic carbocycles. The maximum Gasteiger partial charge on any atom is 0.295 e. The van der Waals surface area contributed by atoms with Gasteiger partial charge in [-0.2, -0.15) is 4.98 Å². The van der Waals surface area contributed by atoms with Crippen molar-refractivity contribution in [3.8, 4) is 0 Å². The van der Waals surface area contributed by atoms with E-state index < -0.39 is 4.92 Å². The molecule has 0 saturated carbocycles. The van der Waals surface area contributed by atoms with Crippen LogP contribution in [0, 0.1) is 16.0 Å². The van der Waals surface area contributed by atoms with Crippen LogP contribution in [0.1, 0.15) is 13.3 Å². The van der Waals surface area contributed by atoms with Crippen LogP contribution < -0.4 is 5.32 Å². The summed E-state index contributed by atoms with van der Waals surface area (Å²) >= 11 is 0. The number of aromatic nitrogens is 1. The Morgan fingerprint density at radius 1 is 1.55 bits per heavy atom. The number of nitrogens with one attached hydrogen (secondary N) is 1. The Morgan fingerprint density at radius 3 is 3.10 bits per heavy atom. The number of non-ortho nitro benzene ring substituents is 1. The van der Waals surface area contributed by atoms with Gasteiger partial charge in [0.25, 0.3) is 11.7 Å². The van der Waals surface area contributed by atoms with Crippen LogP contribution in [0.25, 0.3) is 11.1 Å². The third-order valence-electron chi connectivity index (χ3n) is 3.61. The van der Waals surface area contributed by atoms with Gasteiger partial charge in [0.15, 0.2) is 5.58 Å². The number of nitrogens with zero attached hydrogens (tertiary/aromatic N) is 2. The van der Waals surface area contributed by atoms with Crippen molar-refractivity contribution in [2.45, 2.75) is 19.4 Å². The average molecular weight is 277 g/mol. The predicted molar refractivity (Wildman–Crippen MR) is 72.7 cm³/mol. The number of benzene rings is 1. The molecule has 106 valence electrons. The highest BCUT2D eigenvalue weighted by atomic mass is 16.6. The summed E-state index contributed by atoms with van der Waals surface area (Å²) in [7, 11) is 0. The number of fused-ring (bicyclic) bond motifs is 1. The summed E-state index contributed by atoms with van der Waals surface area (Å²) in [5.74, 6) is 0.430. The molecule has 2 aromatic rings. The minimum absolute atomic E-state index is 0.00888. The van der Waals surface area contributed by atoms with Crippen molar-refractivity contribution in [1.29, 1.82) is 0 Å². The van der Waals surface area contributed by atoms with E-state index in [2.05, 4.69) is 17.2 Å². The van der Waals surface area contributed by atoms with Crippen molar-refractivity contribution in [3.05, 3.63) is 28.3 Å². The highest BCUT2D eigenvalue weighted by molar-refractivity contribution is 5.77. The zero-order chi connectivity index (χ0) is 14.1. The summed E-state index contributed by atoms with van der Waals surface area (Å²) < 4.78 is 10.9. The molecule has 0 radical (unpaired) electrons. The van der Waals surface area contributed by atoms with Gasteiger partial charge in [0.05, 0.1) is 11.5 Å². The standard InChI is InChI=1S/C13H15N3O4/c1-8(9-4-5-19-7-9)14-13-15-11-6-10(16(17)18)2-3-12(11)20-13/h2-3,6,8-9H,4-5,7H2,1H3,(H,14,15). The molecule has 0 amide bonds. The zero-order valence-electron chi connectivity index (χ0n) is 11.0. The van der Waals surface area contributed by atoms with E-state index in [0.29, 0.717) is 23.0 Å². The molecule has 2 atom stereocenters. The summed E-state index contributed by atoms with van der Waals surface area (Å²) in [6.07, 6.45) is 1.01. The highest BCUT2D eigenvalue weighted by Gasteiger charge is 2.23. The van der Waals surface area contributed by atoms with Crippen molar-refractivity contribution >= 4 is 22.8 Å². The SMILES string of the molecule is CC(Nc1nc2cc([N+](=O)[O-])ccc2o1)C1CCOC1. The molecular formula is C13H15N3O4. The van der Waals surface area contributed by atoms with Crippen LogP contribution in [-0.2, 0) is 4.74 Å².